The van der Waals surface area contributed by atoms with E-state index >= 15 is 0 Å². The molecule has 0 saturated heterocycles. The second kappa shape index (κ2) is 7.75. The normalized spacial score (nSPS) is 11.9. The van der Waals surface area contributed by atoms with E-state index in [0.29, 0.717) is 4.52 Å². The highest BCUT2D eigenvalue weighted by Gasteiger charge is 2.36. The first kappa shape index (κ1) is 21.2. The van der Waals surface area contributed by atoms with Crippen LogP contribution in [0.4, 0.5) is 27.6 Å². The minimum Gasteiger partial charge on any atom is -0.433 e. The Kier molecular flexibility index (Phi) is 5.68. The molecule has 3 rings (SSSR count). The average molecular weight is 500 g/mol. The van der Waals surface area contributed by atoms with Crippen molar-refractivity contribution in [3.63, 3.8) is 0 Å². The summed E-state index contributed by atoms with van der Waals surface area (Å²) in [5.41, 5.74) is -1.49. The zero-order valence-electron chi connectivity index (χ0n) is 14.2. The van der Waals surface area contributed by atoms with E-state index in [1.54, 1.807) is 0 Å². The van der Waals surface area contributed by atoms with E-state index in [1.807, 2.05) is 0 Å². The summed E-state index contributed by atoms with van der Waals surface area (Å²) in [4.78, 5) is 16.5. The Morgan fingerprint density at radius 3 is 2.59 bits per heavy atom. The monoisotopic (exact) mass is 498 g/mol. The van der Waals surface area contributed by atoms with Gasteiger partial charge in [-0.3, -0.25) is 4.79 Å². The molecule has 1 N–H and O–H groups in total. The number of fused-ring (bicyclic) bond motifs is 1. The predicted molar refractivity (Wildman–Crippen MR) is 96.5 cm³/mol. The van der Waals surface area contributed by atoms with E-state index in [0.717, 1.165) is 18.2 Å². The maximum Gasteiger partial charge on any atom is 0.433 e. The van der Waals surface area contributed by atoms with Crippen molar-refractivity contribution in [2.24, 2.45) is 0 Å². The van der Waals surface area contributed by atoms with E-state index in [4.69, 9.17) is 11.6 Å². The van der Waals surface area contributed by atoms with Crippen molar-refractivity contribution in [2.45, 2.75) is 19.7 Å². The van der Waals surface area contributed by atoms with Gasteiger partial charge in [-0.15, -0.1) is 0 Å². The van der Waals surface area contributed by atoms with Crippen LogP contribution in [0.15, 0.2) is 28.7 Å². The number of anilines is 1. The number of ether oxygens (including phenoxy) is 1. The Balaban J connectivity index is 1.96. The zero-order chi connectivity index (χ0) is 21.5. The van der Waals surface area contributed by atoms with Crippen molar-refractivity contribution in [1.29, 1.82) is 0 Å². The van der Waals surface area contributed by atoms with Crippen LogP contribution < -0.4 is 10.1 Å². The number of nitrogens with one attached hydrogen (secondary N) is 1. The molecule has 0 unspecified atom stereocenters. The number of rotatable bonds is 4. The van der Waals surface area contributed by atoms with Gasteiger partial charge < -0.3 is 10.1 Å². The van der Waals surface area contributed by atoms with Gasteiger partial charge >= 0.3 is 12.8 Å². The van der Waals surface area contributed by atoms with Gasteiger partial charge in [0.2, 0.25) is 0 Å². The highest BCUT2D eigenvalue weighted by Crippen LogP contribution is 2.33. The molecule has 29 heavy (non-hydrogen) atoms. The lowest BCUT2D eigenvalue weighted by atomic mass is 10.3. The fraction of sp³-hybridized carbons (Fsp3) is 0.188. The highest BCUT2D eigenvalue weighted by atomic mass is 79.9. The van der Waals surface area contributed by atoms with Crippen LogP contribution in [0.1, 0.15) is 21.9 Å². The first-order valence-corrected chi connectivity index (χ1v) is 8.83. The van der Waals surface area contributed by atoms with E-state index < -0.39 is 24.4 Å². The summed E-state index contributed by atoms with van der Waals surface area (Å²) in [7, 11) is 0. The van der Waals surface area contributed by atoms with Gasteiger partial charge in [0, 0.05) is 11.4 Å². The van der Waals surface area contributed by atoms with Crippen LogP contribution in [-0.2, 0) is 6.18 Å². The molecule has 0 aliphatic rings. The van der Waals surface area contributed by atoms with E-state index in [2.05, 4.69) is 36.1 Å². The maximum absolute atomic E-state index is 13.3. The Morgan fingerprint density at radius 2 is 2.00 bits per heavy atom. The van der Waals surface area contributed by atoms with Crippen LogP contribution in [0.3, 0.4) is 0 Å². The second-order valence-corrected chi connectivity index (χ2v) is 6.86. The van der Waals surface area contributed by atoms with Gasteiger partial charge in [-0.05, 0) is 47.1 Å². The number of hydrogen-bond donors (Lipinski definition) is 1. The standard InChI is InChI=1S/C16H9BrClF5N4O2/c1-6-4-10(16(21,22)23)27-13(24-6)11(17)12(26-27)14(28)25-7-2-3-9(8(18)5-7)29-15(19)20/h2-5,15H,1H3,(H,25,28). The third-order valence-corrected chi connectivity index (χ3v) is 4.60. The van der Waals surface area contributed by atoms with Gasteiger partial charge in [0.05, 0.1) is 9.50 Å². The lowest BCUT2D eigenvalue weighted by Crippen LogP contribution is -2.16. The largest absolute Gasteiger partial charge is 0.433 e. The first-order chi connectivity index (χ1) is 13.5. The number of carbonyl (C=O) groups excluding carboxylic acids is 1. The van der Waals surface area contributed by atoms with Crippen LogP contribution in [-0.4, -0.2) is 27.1 Å². The molecule has 0 bridgehead atoms. The molecule has 0 radical (unpaired) electrons. The van der Waals surface area contributed by atoms with Gasteiger partial charge in [-0.2, -0.15) is 27.1 Å². The molecule has 0 aliphatic heterocycles. The minimum atomic E-state index is -4.72. The summed E-state index contributed by atoms with van der Waals surface area (Å²) < 4.78 is 69.0. The molecule has 6 nitrogen and oxygen atoms in total. The number of halogens is 7. The number of hydrogen-bond acceptors (Lipinski definition) is 4. The molecule has 3 aromatic rings. The number of alkyl halides is 5. The summed E-state index contributed by atoms with van der Waals surface area (Å²) in [5, 5.41) is 5.89. The number of aromatic nitrogens is 3. The van der Waals surface area contributed by atoms with Crippen LogP contribution in [0.25, 0.3) is 5.65 Å². The Morgan fingerprint density at radius 1 is 1.31 bits per heavy atom. The van der Waals surface area contributed by atoms with E-state index in [9.17, 15) is 26.7 Å². The van der Waals surface area contributed by atoms with Crippen LogP contribution in [0, 0.1) is 6.92 Å². The molecule has 0 aliphatic carbocycles. The van der Waals surface area contributed by atoms with Crippen LogP contribution >= 0.6 is 27.5 Å². The third kappa shape index (κ3) is 4.42. The number of nitrogens with zero attached hydrogens (tertiary/aromatic N) is 3. The molecule has 2 aromatic heterocycles. The summed E-state index contributed by atoms with van der Waals surface area (Å²) in [6.07, 6.45) is -4.72. The fourth-order valence-corrected chi connectivity index (χ4v) is 3.16. The molecular weight excluding hydrogens is 491 g/mol. The van der Waals surface area contributed by atoms with Crippen molar-refractivity contribution >= 4 is 44.8 Å². The molecule has 0 saturated carbocycles. The molecule has 2 heterocycles. The average Bonchev–Trinajstić information content (AvgIpc) is 2.92. The SMILES string of the molecule is Cc1cc(C(F)(F)F)n2nc(C(=O)Nc3ccc(OC(F)F)c(Cl)c3)c(Br)c2n1. The molecule has 1 aromatic carbocycles. The molecule has 1 amide bonds. The zero-order valence-corrected chi connectivity index (χ0v) is 16.5. The maximum atomic E-state index is 13.3. The smallest absolute Gasteiger partial charge is 0.433 e. The van der Waals surface area contributed by atoms with Crippen molar-refractivity contribution in [3.05, 3.63) is 50.8 Å². The van der Waals surface area contributed by atoms with E-state index in [-0.39, 0.29) is 38.0 Å². The van der Waals surface area contributed by atoms with Crippen LogP contribution in [0.5, 0.6) is 5.75 Å². The third-order valence-electron chi connectivity index (χ3n) is 3.57. The molecule has 154 valence electrons. The molecule has 0 spiro atoms. The topological polar surface area (TPSA) is 68.5 Å². The number of amides is 1. The number of aryl methyl sites for hydroxylation is 1. The first-order valence-electron chi connectivity index (χ1n) is 7.66. The van der Waals surface area contributed by atoms with E-state index in [1.165, 1.54) is 13.0 Å². The van der Waals surface area contributed by atoms with Gasteiger partial charge in [0.1, 0.15) is 11.4 Å². The lowest BCUT2D eigenvalue weighted by molar-refractivity contribution is -0.142. The van der Waals surface area contributed by atoms with Gasteiger partial charge in [-0.1, -0.05) is 11.6 Å². The Bertz CT molecular complexity index is 1100. The van der Waals surface area contributed by atoms with Gasteiger partial charge in [0.25, 0.3) is 5.91 Å². The van der Waals surface area contributed by atoms with Gasteiger partial charge in [-0.25, -0.2) is 9.50 Å². The summed E-state index contributed by atoms with van der Waals surface area (Å²) in [6, 6.07) is 4.28. The molecule has 0 atom stereocenters. The van der Waals surface area contributed by atoms with Crippen molar-refractivity contribution in [1.82, 2.24) is 14.6 Å². The van der Waals surface area contributed by atoms with Crippen molar-refractivity contribution < 1.29 is 31.5 Å². The molecular formula is C16H9BrClF5N4O2. The van der Waals surface area contributed by atoms with Crippen LogP contribution in [0.2, 0.25) is 5.02 Å². The second-order valence-electron chi connectivity index (χ2n) is 5.66. The summed E-state index contributed by atoms with van der Waals surface area (Å²) in [5.74, 6) is -1.17. The quantitative estimate of drug-likeness (QED) is 0.493. The highest BCUT2D eigenvalue weighted by molar-refractivity contribution is 9.10. The van der Waals surface area contributed by atoms with Crippen molar-refractivity contribution in [2.75, 3.05) is 5.32 Å². The number of carbonyl (C=O) groups is 1. The molecule has 0 fully saturated rings. The summed E-state index contributed by atoms with van der Waals surface area (Å²) >= 11 is 8.86. The Labute approximate surface area is 172 Å². The van der Waals surface area contributed by atoms with Crippen molar-refractivity contribution in [3.8, 4) is 5.75 Å². The minimum absolute atomic E-state index is 0.0482. The van der Waals surface area contributed by atoms with Gasteiger partial charge in [0.15, 0.2) is 11.3 Å². The molecule has 13 heteroatoms. The summed E-state index contributed by atoms with van der Waals surface area (Å²) in [6.45, 7) is -1.71. The fourth-order valence-electron chi connectivity index (χ4n) is 2.42. The number of benzene rings is 1. The predicted octanol–water partition coefficient (Wildman–Crippen LogP) is 5.33. The lowest BCUT2D eigenvalue weighted by Gasteiger charge is -2.09. The Hall–Kier alpha value is -2.47.